The molecule has 8 nitrogen and oxygen atoms in total. The minimum absolute atomic E-state index is 0.105. The number of ether oxygens (including phenoxy) is 1. The van der Waals surface area contributed by atoms with Gasteiger partial charge in [0.25, 0.3) is 0 Å². The number of nitrogens with one attached hydrogen (secondary N) is 2. The third-order valence-electron chi connectivity index (χ3n) is 3.46. The summed E-state index contributed by atoms with van der Waals surface area (Å²) in [6, 6.07) is 6.86. The van der Waals surface area contributed by atoms with Gasteiger partial charge in [-0.05, 0) is 12.0 Å². The summed E-state index contributed by atoms with van der Waals surface area (Å²) in [6.07, 6.45) is -0.0291. The number of amides is 2. The molecule has 3 N–H and O–H groups in total. The first-order valence-electron chi connectivity index (χ1n) is 7.74. The predicted octanol–water partition coefficient (Wildman–Crippen LogP) is 0.256. The lowest BCUT2D eigenvalue weighted by Crippen LogP contribution is -2.52. The predicted molar refractivity (Wildman–Crippen MR) is 88.6 cm³/mol. The van der Waals surface area contributed by atoms with Crippen LogP contribution in [0, 0.1) is 0 Å². The molecule has 25 heavy (non-hydrogen) atoms. The fourth-order valence-electron chi connectivity index (χ4n) is 2.20. The minimum Gasteiger partial charge on any atom is -0.480 e. The summed E-state index contributed by atoms with van der Waals surface area (Å²) in [7, 11) is 1.20. The maximum atomic E-state index is 12.4. The molecule has 0 saturated carbocycles. The van der Waals surface area contributed by atoms with Crippen molar-refractivity contribution in [1.29, 1.82) is 0 Å². The second kappa shape index (κ2) is 10.1. The first-order chi connectivity index (χ1) is 11.8. The van der Waals surface area contributed by atoms with Crippen LogP contribution in [-0.2, 0) is 30.3 Å². The number of carbonyl (C=O) groups is 4. The minimum atomic E-state index is -1.27. The Morgan fingerprint density at radius 2 is 1.72 bits per heavy atom. The number of hydrogen-bond acceptors (Lipinski definition) is 5. The zero-order valence-corrected chi connectivity index (χ0v) is 14.2. The Balaban J connectivity index is 2.78. The van der Waals surface area contributed by atoms with Crippen molar-refractivity contribution in [1.82, 2.24) is 10.6 Å². The van der Waals surface area contributed by atoms with Crippen molar-refractivity contribution >= 4 is 23.8 Å². The van der Waals surface area contributed by atoms with Crippen LogP contribution in [0.15, 0.2) is 30.3 Å². The molecular formula is C17H22N2O6. The summed E-state index contributed by atoms with van der Waals surface area (Å²) in [6.45, 7) is 1.28. The van der Waals surface area contributed by atoms with Gasteiger partial charge in [0.2, 0.25) is 11.8 Å². The summed E-state index contributed by atoms with van der Waals surface area (Å²) < 4.78 is 4.46. The highest BCUT2D eigenvalue weighted by molar-refractivity contribution is 5.90. The molecule has 2 atom stereocenters. The first-order valence-corrected chi connectivity index (χ1v) is 7.74. The molecule has 0 aliphatic rings. The van der Waals surface area contributed by atoms with Gasteiger partial charge < -0.3 is 20.5 Å². The number of carboxylic acid groups (broad SMARTS) is 1. The number of esters is 1. The monoisotopic (exact) mass is 350 g/mol. The Kier molecular flexibility index (Phi) is 8.11. The topological polar surface area (TPSA) is 122 Å². The molecule has 0 saturated heterocycles. The molecule has 0 bridgehead atoms. The summed E-state index contributed by atoms with van der Waals surface area (Å²) in [5.74, 6) is -2.87. The van der Waals surface area contributed by atoms with Gasteiger partial charge in [-0.1, -0.05) is 30.3 Å². The number of aliphatic carboxylic acids is 1. The largest absolute Gasteiger partial charge is 0.480 e. The van der Waals surface area contributed by atoms with Crippen LogP contribution in [0.4, 0.5) is 0 Å². The molecule has 1 aromatic rings. The average Bonchev–Trinajstić information content (AvgIpc) is 2.57. The van der Waals surface area contributed by atoms with Crippen molar-refractivity contribution < 1.29 is 29.0 Å². The average molecular weight is 350 g/mol. The van der Waals surface area contributed by atoms with Crippen molar-refractivity contribution in [2.24, 2.45) is 0 Å². The van der Waals surface area contributed by atoms with Crippen LogP contribution in [0.5, 0.6) is 0 Å². The van der Waals surface area contributed by atoms with Gasteiger partial charge in [0.15, 0.2) is 0 Å². The van der Waals surface area contributed by atoms with E-state index < -0.39 is 35.8 Å². The molecule has 2 amide bonds. The fourth-order valence-corrected chi connectivity index (χ4v) is 2.20. The van der Waals surface area contributed by atoms with Gasteiger partial charge in [-0.3, -0.25) is 14.4 Å². The van der Waals surface area contributed by atoms with E-state index >= 15 is 0 Å². The molecule has 0 heterocycles. The lowest BCUT2D eigenvalue weighted by Gasteiger charge is -2.21. The number of rotatable bonds is 9. The molecule has 0 radical (unpaired) electrons. The van der Waals surface area contributed by atoms with E-state index in [0.717, 1.165) is 5.56 Å². The molecule has 136 valence electrons. The molecule has 1 rings (SSSR count). The third-order valence-corrected chi connectivity index (χ3v) is 3.46. The van der Waals surface area contributed by atoms with E-state index in [-0.39, 0.29) is 19.3 Å². The zero-order valence-electron chi connectivity index (χ0n) is 14.2. The maximum absolute atomic E-state index is 12.4. The smallest absolute Gasteiger partial charge is 0.326 e. The van der Waals surface area contributed by atoms with Gasteiger partial charge in [-0.2, -0.15) is 0 Å². The van der Waals surface area contributed by atoms with Gasteiger partial charge >= 0.3 is 11.9 Å². The Morgan fingerprint density at radius 1 is 1.08 bits per heavy atom. The van der Waals surface area contributed by atoms with Crippen LogP contribution in [-0.4, -0.2) is 48.1 Å². The standard InChI is InChI=1S/C17H22N2O6/c1-11(20)18-14(10-12-6-4-3-5-7-12)16(22)19-13(17(23)24)8-9-15(21)25-2/h3-7,13-14H,8-10H2,1-2H3,(H,18,20)(H,19,22)(H,23,24)/t13-,14-/m0/s1. The normalized spacial score (nSPS) is 12.6. The summed E-state index contributed by atoms with van der Waals surface area (Å²) in [4.78, 5) is 46.2. The van der Waals surface area contributed by atoms with Crippen LogP contribution >= 0.6 is 0 Å². The number of carbonyl (C=O) groups excluding carboxylic acids is 3. The van der Waals surface area contributed by atoms with E-state index in [1.54, 1.807) is 24.3 Å². The molecule has 0 fully saturated rings. The van der Waals surface area contributed by atoms with Gasteiger partial charge in [0.05, 0.1) is 7.11 Å². The second-order valence-electron chi connectivity index (χ2n) is 5.46. The molecule has 0 aliphatic carbocycles. The SMILES string of the molecule is COC(=O)CC[C@H](NC(=O)[C@H](Cc1ccccc1)NC(C)=O)C(=O)O. The molecule has 0 spiro atoms. The van der Waals surface area contributed by atoms with E-state index in [4.69, 9.17) is 0 Å². The molecule has 0 unspecified atom stereocenters. The number of hydrogen-bond donors (Lipinski definition) is 3. The summed E-state index contributed by atoms with van der Waals surface area (Å²) in [5, 5.41) is 14.1. The third kappa shape index (κ3) is 7.47. The van der Waals surface area contributed by atoms with E-state index in [1.807, 2.05) is 6.07 Å². The van der Waals surface area contributed by atoms with Crippen molar-refractivity contribution in [3.8, 4) is 0 Å². The van der Waals surface area contributed by atoms with Crippen LogP contribution in [0.1, 0.15) is 25.3 Å². The van der Waals surface area contributed by atoms with Gasteiger partial charge in [-0.25, -0.2) is 4.79 Å². The van der Waals surface area contributed by atoms with Crippen LogP contribution in [0.25, 0.3) is 0 Å². The highest BCUT2D eigenvalue weighted by atomic mass is 16.5. The van der Waals surface area contributed by atoms with Gasteiger partial charge in [-0.15, -0.1) is 0 Å². The van der Waals surface area contributed by atoms with Crippen molar-refractivity contribution in [3.63, 3.8) is 0 Å². The van der Waals surface area contributed by atoms with Crippen LogP contribution in [0.3, 0.4) is 0 Å². The maximum Gasteiger partial charge on any atom is 0.326 e. The Labute approximate surface area is 145 Å². The van der Waals surface area contributed by atoms with Crippen LogP contribution < -0.4 is 10.6 Å². The van der Waals surface area contributed by atoms with Crippen molar-refractivity contribution in [2.75, 3.05) is 7.11 Å². The Hall–Kier alpha value is -2.90. The van der Waals surface area contributed by atoms with Crippen LogP contribution in [0.2, 0.25) is 0 Å². The Bertz CT molecular complexity index is 617. The van der Waals surface area contributed by atoms with Crippen molar-refractivity contribution in [2.45, 2.75) is 38.3 Å². The van der Waals surface area contributed by atoms with E-state index in [1.165, 1.54) is 14.0 Å². The Morgan fingerprint density at radius 3 is 2.24 bits per heavy atom. The highest BCUT2D eigenvalue weighted by Gasteiger charge is 2.26. The second-order valence-corrected chi connectivity index (χ2v) is 5.46. The lowest BCUT2D eigenvalue weighted by atomic mass is 10.0. The fraction of sp³-hybridized carbons (Fsp3) is 0.412. The highest BCUT2D eigenvalue weighted by Crippen LogP contribution is 2.06. The quantitative estimate of drug-likeness (QED) is 0.549. The van der Waals surface area contributed by atoms with Gasteiger partial charge in [0, 0.05) is 19.8 Å². The molecular weight excluding hydrogens is 328 g/mol. The van der Waals surface area contributed by atoms with Crippen molar-refractivity contribution in [3.05, 3.63) is 35.9 Å². The van der Waals surface area contributed by atoms with E-state index in [0.29, 0.717) is 0 Å². The van der Waals surface area contributed by atoms with E-state index in [9.17, 15) is 24.3 Å². The summed E-state index contributed by atoms with van der Waals surface area (Å²) >= 11 is 0. The zero-order chi connectivity index (χ0) is 18.8. The lowest BCUT2D eigenvalue weighted by molar-refractivity contribution is -0.144. The first kappa shape index (κ1) is 20.1. The number of carboxylic acids is 1. The summed E-state index contributed by atoms with van der Waals surface area (Å²) in [5.41, 5.74) is 0.817. The van der Waals surface area contributed by atoms with Gasteiger partial charge in [0.1, 0.15) is 12.1 Å². The molecule has 8 heteroatoms. The number of benzene rings is 1. The number of methoxy groups -OCH3 is 1. The molecule has 1 aromatic carbocycles. The van der Waals surface area contributed by atoms with E-state index in [2.05, 4.69) is 15.4 Å². The molecule has 0 aliphatic heterocycles. The molecule has 0 aromatic heterocycles.